The molecule has 4 aromatic rings. The highest BCUT2D eigenvalue weighted by molar-refractivity contribution is 14.1. The van der Waals surface area contributed by atoms with Crippen molar-refractivity contribution in [3.63, 3.8) is 0 Å². The van der Waals surface area contributed by atoms with Gasteiger partial charge in [0.1, 0.15) is 12.4 Å². The normalized spacial score (nSPS) is 14.8. The Morgan fingerprint density at radius 2 is 1.83 bits per heavy atom. The van der Waals surface area contributed by atoms with Gasteiger partial charge in [0.2, 0.25) is 0 Å². The van der Waals surface area contributed by atoms with Crippen molar-refractivity contribution in [3.05, 3.63) is 123 Å². The first-order valence-electron chi connectivity index (χ1n) is 13.2. The molecule has 216 valence electrons. The van der Waals surface area contributed by atoms with Crippen molar-refractivity contribution < 1.29 is 23.4 Å². The summed E-state index contributed by atoms with van der Waals surface area (Å²) in [5.41, 5.74) is 4.03. The van der Waals surface area contributed by atoms with E-state index in [1.165, 1.54) is 23.5 Å². The molecule has 0 spiro atoms. The number of ether oxygens (including phenoxy) is 3. The van der Waals surface area contributed by atoms with E-state index in [1.54, 1.807) is 49.8 Å². The molecule has 5 rings (SSSR count). The largest absolute Gasteiger partial charge is 0.493 e. The van der Waals surface area contributed by atoms with Crippen LogP contribution in [0.1, 0.15) is 42.1 Å². The first kappa shape index (κ1) is 29.7. The fraction of sp³-hybridized carbons (Fsp3) is 0.219. The summed E-state index contributed by atoms with van der Waals surface area (Å²) in [6.07, 6.45) is 1.79. The van der Waals surface area contributed by atoms with Gasteiger partial charge in [-0.15, -0.1) is 0 Å². The van der Waals surface area contributed by atoms with Gasteiger partial charge in [-0.25, -0.2) is 14.2 Å². The summed E-state index contributed by atoms with van der Waals surface area (Å²) in [6, 6.07) is 16.9. The van der Waals surface area contributed by atoms with Crippen molar-refractivity contribution in [2.75, 3.05) is 13.7 Å². The lowest BCUT2D eigenvalue weighted by molar-refractivity contribution is -0.139. The average Bonchev–Trinajstić information content (AvgIpc) is 3.26. The Labute approximate surface area is 259 Å². The lowest BCUT2D eigenvalue weighted by Crippen LogP contribution is -2.39. The number of thiazole rings is 1. The number of rotatable bonds is 8. The van der Waals surface area contributed by atoms with Crippen LogP contribution in [0.25, 0.3) is 6.08 Å². The van der Waals surface area contributed by atoms with E-state index in [9.17, 15) is 14.0 Å². The number of hydrogen-bond acceptors (Lipinski definition) is 7. The smallest absolute Gasteiger partial charge is 0.338 e. The lowest BCUT2D eigenvalue weighted by Gasteiger charge is -2.24. The molecule has 0 unspecified atom stereocenters. The number of hydrogen-bond donors (Lipinski definition) is 0. The molecule has 1 aliphatic rings. The number of esters is 1. The minimum Gasteiger partial charge on any atom is -0.493 e. The standard InChI is InChI=1S/C32H28FIN2O5S/c1-5-40-31(38)27-19(3)35-32-36(28(27)22-10-6-18(2)7-11-22)30(37)26(42-32)16-21-14-24(34)29(25(15-21)39-4)41-17-20-8-12-23(33)13-9-20/h6-16,28H,5,17H2,1-4H3/b26-16+/t28-/m0/s1. The molecule has 0 bridgehead atoms. The van der Waals surface area contributed by atoms with Gasteiger partial charge in [0, 0.05) is 0 Å². The first-order chi connectivity index (χ1) is 20.2. The van der Waals surface area contributed by atoms with E-state index in [0.717, 1.165) is 25.8 Å². The number of halogens is 2. The summed E-state index contributed by atoms with van der Waals surface area (Å²) in [6.45, 7) is 5.95. The van der Waals surface area contributed by atoms with Crippen LogP contribution in [0.2, 0.25) is 0 Å². The van der Waals surface area contributed by atoms with Gasteiger partial charge in [-0.3, -0.25) is 9.36 Å². The predicted molar refractivity (Wildman–Crippen MR) is 168 cm³/mol. The van der Waals surface area contributed by atoms with Gasteiger partial charge in [0.25, 0.3) is 5.56 Å². The number of aryl methyl sites for hydroxylation is 1. The van der Waals surface area contributed by atoms with Crippen LogP contribution in [0.5, 0.6) is 11.5 Å². The van der Waals surface area contributed by atoms with E-state index >= 15 is 0 Å². The Morgan fingerprint density at radius 3 is 2.50 bits per heavy atom. The second-order valence-corrected chi connectivity index (χ2v) is 11.8. The summed E-state index contributed by atoms with van der Waals surface area (Å²) >= 11 is 3.42. The minimum absolute atomic E-state index is 0.213. The molecule has 7 nitrogen and oxygen atoms in total. The summed E-state index contributed by atoms with van der Waals surface area (Å²) in [5, 5.41) is 0. The van der Waals surface area contributed by atoms with Gasteiger partial charge in [0.05, 0.1) is 39.1 Å². The molecular weight excluding hydrogens is 670 g/mol. The van der Waals surface area contributed by atoms with Crippen LogP contribution < -0.4 is 24.4 Å². The van der Waals surface area contributed by atoms with Gasteiger partial charge >= 0.3 is 5.97 Å². The SMILES string of the molecule is CCOC(=O)C1=C(C)N=c2s/c(=C/c3cc(I)c(OCc4ccc(F)cc4)c(OC)c3)c(=O)n2[C@H]1c1ccc(C)cc1. The summed E-state index contributed by atoms with van der Waals surface area (Å²) in [7, 11) is 1.55. The number of aromatic nitrogens is 1. The maximum atomic E-state index is 13.9. The Hall–Kier alpha value is -3.77. The number of nitrogens with zero attached hydrogens (tertiary/aromatic N) is 2. The van der Waals surface area contributed by atoms with Crippen LogP contribution >= 0.6 is 33.9 Å². The number of allylic oxidation sites excluding steroid dienone is 1. The molecule has 0 fully saturated rings. The van der Waals surface area contributed by atoms with Crippen LogP contribution in [0.4, 0.5) is 4.39 Å². The minimum atomic E-state index is -0.667. The Balaban J connectivity index is 1.56. The Kier molecular flexibility index (Phi) is 8.93. The summed E-state index contributed by atoms with van der Waals surface area (Å²) < 4.78 is 33.1. The molecule has 1 aromatic heterocycles. The zero-order valence-electron chi connectivity index (χ0n) is 23.4. The maximum Gasteiger partial charge on any atom is 0.338 e. The maximum absolute atomic E-state index is 13.9. The van der Waals surface area contributed by atoms with Gasteiger partial charge in [-0.1, -0.05) is 53.3 Å². The van der Waals surface area contributed by atoms with Crippen molar-refractivity contribution in [3.8, 4) is 11.5 Å². The van der Waals surface area contributed by atoms with Crippen LogP contribution in [-0.4, -0.2) is 24.3 Å². The monoisotopic (exact) mass is 698 g/mol. The van der Waals surface area contributed by atoms with E-state index < -0.39 is 12.0 Å². The number of fused-ring (bicyclic) bond motifs is 1. The van der Waals surface area contributed by atoms with Crippen molar-refractivity contribution in [2.24, 2.45) is 4.99 Å². The Morgan fingerprint density at radius 1 is 1.12 bits per heavy atom. The highest BCUT2D eigenvalue weighted by Gasteiger charge is 2.33. The molecule has 0 aliphatic carbocycles. The second kappa shape index (κ2) is 12.6. The van der Waals surface area contributed by atoms with Gasteiger partial charge < -0.3 is 14.2 Å². The van der Waals surface area contributed by atoms with E-state index in [-0.39, 0.29) is 24.6 Å². The van der Waals surface area contributed by atoms with Crippen molar-refractivity contribution in [2.45, 2.75) is 33.4 Å². The number of methoxy groups -OCH3 is 1. The zero-order valence-corrected chi connectivity index (χ0v) is 26.4. The fourth-order valence-corrected chi connectivity index (χ4v) is 6.53. The van der Waals surface area contributed by atoms with Crippen LogP contribution in [0.15, 0.2) is 81.7 Å². The molecule has 0 saturated heterocycles. The first-order valence-corrected chi connectivity index (χ1v) is 15.1. The molecule has 3 aromatic carbocycles. The summed E-state index contributed by atoms with van der Waals surface area (Å²) in [5.74, 6) is 0.253. The summed E-state index contributed by atoms with van der Waals surface area (Å²) in [4.78, 5) is 32.1. The number of carbonyl (C=O) groups is 1. The van der Waals surface area contributed by atoms with Crippen LogP contribution in [0, 0.1) is 16.3 Å². The number of benzene rings is 3. The van der Waals surface area contributed by atoms with Crippen molar-refractivity contribution >= 4 is 46.0 Å². The quantitative estimate of drug-likeness (QED) is 0.181. The third-order valence-electron chi connectivity index (χ3n) is 6.76. The van der Waals surface area contributed by atoms with Gasteiger partial charge in [-0.2, -0.15) is 0 Å². The third kappa shape index (κ3) is 6.05. The van der Waals surface area contributed by atoms with Gasteiger partial charge in [0.15, 0.2) is 16.3 Å². The molecule has 0 amide bonds. The highest BCUT2D eigenvalue weighted by Crippen LogP contribution is 2.35. The molecule has 2 heterocycles. The topological polar surface area (TPSA) is 79.1 Å². The van der Waals surface area contributed by atoms with E-state index in [2.05, 4.69) is 27.6 Å². The lowest BCUT2D eigenvalue weighted by atomic mass is 9.95. The van der Waals surface area contributed by atoms with Crippen LogP contribution in [-0.2, 0) is 16.1 Å². The molecule has 1 aliphatic heterocycles. The molecule has 1 atom stereocenters. The molecule has 0 N–H and O–H groups in total. The van der Waals surface area contributed by atoms with Crippen molar-refractivity contribution in [1.82, 2.24) is 4.57 Å². The average molecular weight is 699 g/mol. The highest BCUT2D eigenvalue weighted by atomic mass is 127. The van der Waals surface area contributed by atoms with E-state index in [1.807, 2.05) is 37.3 Å². The molecule has 42 heavy (non-hydrogen) atoms. The fourth-order valence-electron chi connectivity index (χ4n) is 4.71. The van der Waals surface area contributed by atoms with Crippen LogP contribution in [0.3, 0.4) is 0 Å². The molecule has 0 radical (unpaired) electrons. The van der Waals surface area contributed by atoms with E-state index in [0.29, 0.717) is 32.1 Å². The van der Waals surface area contributed by atoms with Gasteiger partial charge in [-0.05, 0) is 90.4 Å². The molecular formula is C32H28FIN2O5S. The number of carbonyl (C=O) groups excluding carboxylic acids is 1. The molecule has 0 saturated carbocycles. The molecule has 10 heteroatoms. The zero-order chi connectivity index (χ0) is 30.0. The van der Waals surface area contributed by atoms with E-state index in [4.69, 9.17) is 14.2 Å². The van der Waals surface area contributed by atoms with Crippen molar-refractivity contribution in [1.29, 1.82) is 0 Å². The Bertz CT molecular complexity index is 1860. The second-order valence-electron chi connectivity index (χ2n) is 9.66. The predicted octanol–water partition coefficient (Wildman–Crippen LogP) is 5.44. The third-order valence-corrected chi connectivity index (χ3v) is 8.54.